The first-order valence-electron chi connectivity index (χ1n) is 10.8. The first-order valence-corrected chi connectivity index (χ1v) is 10.8. The van der Waals surface area contributed by atoms with E-state index in [2.05, 4.69) is 5.32 Å². The lowest BCUT2D eigenvalue weighted by Crippen LogP contribution is -2.57. The van der Waals surface area contributed by atoms with Crippen molar-refractivity contribution >= 4 is 17.6 Å². The Hall–Kier alpha value is -3.51. The smallest absolute Gasteiger partial charge is 0.254 e. The molecular formula is C26H26N2O4. The minimum Gasteiger partial charge on any atom is -0.367 e. The normalized spacial score (nSPS) is 24.6. The highest BCUT2D eigenvalue weighted by Crippen LogP contribution is 2.27. The number of nitrogens with one attached hydrogen (secondary N) is 1. The van der Waals surface area contributed by atoms with E-state index in [1.54, 1.807) is 18.2 Å². The Labute approximate surface area is 187 Å². The van der Waals surface area contributed by atoms with Crippen LogP contribution in [-0.4, -0.2) is 45.9 Å². The number of ketones is 1. The molecule has 0 aromatic heterocycles. The average molecular weight is 431 g/mol. The van der Waals surface area contributed by atoms with Crippen LogP contribution in [0.3, 0.4) is 0 Å². The summed E-state index contributed by atoms with van der Waals surface area (Å²) in [6.45, 7) is 1.79. The Kier molecular flexibility index (Phi) is 6.06. The summed E-state index contributed by atoms with van der Waals surface area (Å²) >= 11 is 0. The minimum absolute atomic E-state index is 0.0634. The molecule has 6 nitrogen and oxygen atoms in total. The fourth-order valence-electron chi connectivity index (χ4n) is 4.27. The van der Waals surface area contributed by atoms with Gasteiger partial charge in [0, 0.05) is 17.9 Å². The van der Waals surface area contributed by atoms with Crippen LogP contribution in [0.2, 0.25) is 0 Å². The largest absolute Gasteiger partial charge is 0.367 e. The van der Waals surface area contributed by atoms with Gasteiger partial charge in [0.2, 0.25) is 5.91 Å². The number of carbonyl (C=O) groups excluding carboxylic acids is 3. The van der Waals surface area contributed by atoms with Crippen molar-refractivity contribution in [3.8, 4) is 11.1 Å². The van der Waals surface area contributed by atoms with E-state index in [1.165, 1.54) is 11.0 Å². The summed E-state index contributed by atoms with van der Waals surface area (Å²) in [5.41, 5.74) is 0.869. The lowest BCUT2D eigenvalue weighted by atomic mass is 9.88. The molecular weight excluding hydrogens is 404 g/mol. The number of Topliss-reactive ketones (excluding diaryl/α,β-unsaturated/α-hetero) is 1. The summed E-state index contributed by atoms with van der Waals surface area (Å²) < 4.78 is 0. The molecule has 1 aliphatic carbocycles. The zero-order valence-corrected chi connectivity index (χ0v) is 17.9. The number of amides is 2. The molecule has 1 fully saturated rings. The molecule has 2 amide bonds. The number of nitrogens with zero attached hydrogens (tertiary/aromatic N) is 1. The Bertz CT molecular complexity index is 1070. The molecule has 2 aromatic carbocycles. The fraction of sp³-hybridized carbons (Fsp3) is 0.269. The summed E-state index contributed by atoms with van der Waals surface area (Å²) in [5.74, 6) is -1.39. The van der Waals surface area contributed by atoms with E-state index in [-0.39, 0.29) is 30.6 Å². The van der Waals surface area contributed by atoms with E-state index < -0.39 is 17.7 Å². The molecule has 1 heterocycles. The lowest BCUT2D eigenvalue weighted by molar-refractivity contribution is -0.132. The van der Waals surface area contributed by atoms with E-state index in [1.807, 2.05) is 61.5 Å². The van der Waals surface area contributed by atoms with Gasteiger partial charge in [0.05, 0.1) is 6.54 Å². The van der Waals surface area contributed by atoms with Crippen molar-refractivity contribution in [2.24, 2.45) is 5.92 Å². The number of aliphatic hydroxyl groups is 1. The molecule has 32 heavy (non-hydrogen) atoms. The third kappa shape index (κ3) is 4.27. The van der Waals surface area contributed by atoms with Gasteiger partial charge in [-0.2, -0.15) is 0 Å². The van der Waals surface area contributed by atoms with E-state index in [4.69, 9.17) is 0 Å². The number of hydrogen-bond donors (Lipinski definition) is 2. The van der Waals surface area contributed by atoms with Gasteiger partial charge in [-0.3, -0.25) is 14.4 Å². The Morgan fingerprint density at radius 1 is 1.06 bits per heavy atom. The number of rotatable bonds is 5. The highest BCUT2D eigenvalue weighted by Gasteiger charge is 2.43. The zero-order chi connectivity index (χ0) is 22.7. The van der Waals surface area contributed by atoms with Gasteiger partial charge in [-0.1, -0.05) is 67.6 Å². The van der Waals surface area contributed by atoms with Crippen LogP contribution in [0.4, 0.5) is 0 Å². The Morgan fingerprint density at radius 2 is 1.75 bits per heavy atom. The second-order valence-electron chi connectivity index (χ2n) is 8.21. The monoisotopic (exact) mass is 430 g/mol. The predicted octanol–water partition coefficient (Wildman–Crippen LogP) is 3.09. The van der Waals surface area contributed by atoms with Crippen LogP contribution in [0, 0.1) is 5.92 Å². The molecule has 0 spiro atoms. The maximum Gasteiger partial charge on any atom is 0.254 e. The summed E-state index contributed by atoms with van der Waals surface area (Å²) in [4.78, 5) is 39.7. The Balaban J connectivity index is 1.51. The second-order valence-corrected chi connectivity index (χ2v) is 8.21. The minimum atomic E-state index is -1.54. The molecule has 164 valence electrons. The molecule has 3 atom stereocenters. The second kappa shape index (κ2) is 8.93. The number of benzene rings is 2. The van der Waals surface area contributed by atoms with Gasteiger partial charge in [0.1, 0.15) is 6.04 Å². The zero-order valence-electron chi connectivity index (χ0n) is 17.9. The number of carbonyl (C=O) groups is 3. The highest BCUT2D eigenvalue weighted by atomic mass is 16.3. The molecule has 4 rings (SSSR count). The van der Waals surface area contributed by atoms with E-state index >= 15 is 0 Å². The van der Waals surface area contributed by atoms with E-state index in [0.717, 1.165) is 11.1 Å². The summed E-state index contributed by atoms with van der Waals surface area (Å²) in [7, 11) is 0. The quantitative estimate of drug-likeness (QED) is 0.714. The SMILES string of the molecule is CCC1C=CC=CC1(O)NC(=O)[C@@H]1CC(=O)CN1C(=O)c1ccc(-c2ccccc2)cc1. The van der Waals surface area contributed by atoms with Crippen molar-refractivity contribution in [2.45, 2.75) is 31.5 Å². The summed E-state index contributed by atoms with van der Waals surface area (Å²) in [6, 6.07) is 16.0. The topological polar surface area (TPSA) is 86.7 Å². The fourth-order valence-corrected chi connectivity index (χ4v) is 4.27. The van der Waals surface area contributed by atoms with E-state index in [9.17, 15) is 19.5 Å². The summed E-state index contributed by atoms with van der Waals surface area (Å²) in [6.07, 6.45) is 7.41. The predicted molar refractivity (Wildman–Crippen MR) is 121 cm³/mol. The molecule has 2 unspecified atom stereocenters. The first kappa shape index (κ1) is 21.7. The van der Waals surface area contributed by atoms with Crippen molar-refractivity contribution in [1.82, 2.24) is 10.2 Å². The number of hydrogen-bond acceptors (Lipinski definition) is 4. The highest BCUT2D eigenvalue weighted by molar-refractivity contribution is 6.04. The van der Waals surface area contributed by atoms with Gasteiger partial charge in [-0.05, 0) is 35.8 Å². The van der Waals surface area contributed by atoms with Crippen LogP contribution < -0.4 is 5.32 Å². The number of allylic oxidation sites excluding steroid dienone is 2. The van der Waals surface area contributed by atoms with Crippen molar-refractivity contribution in [1.29, 1.82) is 0 Å². The van der Waals surface area contributed by atoms with Crippen molar-refractivity contribution in [2.75, 3.05) is 6.54 Å². The summed E-state index contributed by atoms with van der Waals surface area (Å²) in [5, 5.41) is 13.6. The van der Waals surface area contributed by atoms with E-state index in [0.29, 0.717) is 12.0 Å². The van der Waals surface area contributed by atoms with Gasteiger partial charge in [-0.15, -0.1) is 0 Å². The van der Waals surface area contributed by atoms with Crippen molar-refractivity contribution < 1.29 is 19.5 Å². The molecule has 2 N–H and O–H groups in total. The van der Waals surface area contributed by atoms with Gasteiger partial charge in [0.25, 0.3) is 5.91 Å². The van der Waals surface area contributed by atoms with Gasteiger partial charge in [-0.25, -0.2) is 0 Å². The molecule has 1 aliphatic heterocycles. The average Bonchev–Trinajstić information content (AvgIpc) is 3.21. The van der Waals surface area contributed by atoms with Crippen LogP contribution in [0.1, 0.15) is 30.1 Å². The van der Waals surface area contributed by atoms with Gasteiger partial charge < -0.3 is 15.3 Å². The standard InChI is InChI=1S/C26H26N2O4/c1-2-21-10-6-7-15-26(21,32)27-24(30)23-16-22(29)17-28(23)25(31)20-13-11-19(12-14-20)18-8-4-3-5-9-18/h3-15,21,23,32H,2,16-17H2,1H3,(H,27,30)/t21?,23-,26?/m0/s1. The molecule has 6 heteroatoms. The molecule has 0 bridgehead atoms. The van der Waals surface area contributed by atoms with Crippen LogP contribution in [0.5, 0.6) is 0 Å². The van der Waals surface area contributed by atoms with Crippen LogP contribution in [-0.2, 0) is 9.59 Å². The van der Waals surface area contributed by atoms with Gasteiger partial charge in [0.15, 0.2) is 11.5 Å². The van der Waals surface area contributed by atoms with Crippen molar-refractivity contribution in [3.05, 3.63) is 84.5 Å². The molecule has 0 radical (unpaired) electrons. The van der Waals surface area contributed by atoms with Gasteiger partial charge >= 0.3 is 0 Å². The molecule has 2 aliphatic rings. The third-order valence-corrected chi connectivity index (χ3v) is 6.08. The molecule has 2 aromatic rings. The Morgan fingerprint density at radius 3 is 2.44 bits per heavy atom. The van der Waals surface area contributed by atoms with Crippen LogP contribution in [0.15, 0.2) is 78.9 Å². The van der Waals surface area contributed by atoms with Crippen LogP contribution in [0.25, 0.3) is 11.1 Å². The van der Waals surface area contributed by atoms with Crippen molar-refractivity contribution in [3.63, 3.8) is 0 Å². The maximum absolute atomic E-state index is 13.2. The third-order valence-electron chi connectivity index (χ3n) is 6.08. The first-order chi connectivity index (χ1) is 15.4. The molecule has 0 saturated carbocycles. The molecule has 1 saturated heterocycles. The lowest BCUT2D eigenvalue weighted by Gasteiger charge is -2.35. The van der Waals surface area contributed by atoms with Crippen LogP contribution >= 0.6 is 0 Å². The maximum atomic E-state index is 13.2. The number of likely N-dealkylation sites (tertiary alicyclic amines) is 1.